The van der Waals surface area contributed by atoms with E-state index >= 15 is 0 Å². The van der Waals surface area contributed by atoms with Gasteiger partial charge in [0.1, 0.15) is 18.7 Å². The fraction of sp³-hybridized carbons (Fsp3) is 0.714. The minimum Gasteiger partial charge on any atom is -0.377 e. The third-order valence-corrected chi connectivity index (χ3v) is 3.93. The van der Waals surface area contributed by atoms with Crippen molar-refractivity contribution in [2.24, 2.45) is 5.41 Å². The Morgan fingerprint density at radius 1 is 1.38 bits per heavy atom. The SMILES string of the molecule is C[C@H](c1nc([C@H]2CCO[C@@H]2C(C)(C)C)no1)n1cncn1. The van der Waals surface area contributed by atoms with Gasteiger partial charge in [-0.25, -0.2) is 9.67 Å². The van der Waals surface area contributed by atoms with Crippen molar-refractivity contribution in [3.63, 3.8) is 0 Å². The molecule has 1 fully saturated rings. The van der Waals surface area contributed by atoms with Crippen molar-refractivity contribution in [3.8, 4) is 0 Å². The molecule has 2 aromatic rings. The predicted molar refractivity (Wildman–Crippen MR) is 74.7 cm³/mol. The molecule has 3 rings (SSSR count). The summed E-state index contributed by atoms with van der Waals surface area (Å²) in [6, 6.07) is -0.121. The highest BCUT2D eigenvalue weighted by Gasteiger charge is 2.40. The van der Waals surface area contributed by atoms with E-state index < -0.39 is 0 Å². The molecule has 0 spiro atoms. The fourth-order valence-electron chi connectivity index (χ4n) is 2.81. The van der Waals surface area contributed by atoms with Crippen LogP contribution in [0.4, 0.5) is 0 Å². The van der Waals surface area contributed by atoms with Gasteiger partial charge >= 0.3 is 0 Å². The Bertz CT molecular complexity index is 587. The smallest absolute Gasteiger partial charge is 0.251 e. The van der Waals surface area contributed by atoms with Gasteiger partial charge in [0.15, 0.2) is 5.82 Å². The first-order chi connectivity index (χ1) is 9.97. The number of aromatic nitrogens is 5. The molecule has 0 aliphatic carbocycles. The Hall–Kier alpha value is -1.76. The summed E-state index contributed by atoms with van der Waals surface area (Å²) in [7, 11) is 0. The van der Waals surface area contributed by atoms with Gasteiger partial charge < -0.3 is 9.26 Å². The number of hydrogen-bond donors (Lipinski definition) is 0. The average Bonchev–Trinajstić information content (AvgIpc) is 3.16. The monoisotopic (exact) mass is 291 g/mol. The second-order valence-electron chi connectivity index (χ2n) is 6.59. The lowest BCUT2D eigenvalue weighted by Crippen LogP contribution is -2.30. The van der Waals surface area contributed by atoms with Gasteiger partial charge in [0.25, 0.3) is 5.89 Å². The minimum absolute atomic E-state index is 0.0550. The van der Waals surface area contributed by atoms with Crippen LogP contribution in [0.3, 0.4) is 0 Å². The second-order valence-corrected chi connectivity index (χ2v) is 6.59. The standard InChI is InChI=1S/C14H21N5O2/c1-9(19-8-15-7-16-19)13-17-12(18-21-13)10-5-6-20-11(10)14(2,3)4/h7-11H,5-6H2,1-4H3/t9-,10+,11+/m1/s1. The zero-order valence-electron chi connectivity index (χ0n) is 12.9. The molecule has 1 aliphatic heterocycles. The van der Waals surface area contributed by atoms with Gasteiger partial charge in [-0.05, 0) is 18.8 Å². The van der Waals surface area contributed by atoms with E-state index in [4.69, 9.17) is 9.26 Å². The summed E-state index contributed by atoms with van der Waals surface area (Å²) in [5, 5.41) is 8.27. The van der Waals surface area contributed by atoms with Gasteiger partial charge in [-0.2, -0.15) is 10.1 Å². The zero-order valence-corrected chi connectivity index (χ0v) is 12.9. The van der Waals surface area contributed by atoms with Crippen molar-refractivity contribution in [3.05, 3.63) is 24.4 Å². The van der Waals surface area contributed by atoms with Gasteiger partial charge in [-0.3, -0.25) is 0 Å². The minimum atomic E-state index is -0.121. The Kier molecular flexibility index (Phi) is 3.52. The summed E-state index contributed by atoms with van der Waals surface area (Å²) in [6.07, 6.45) is 4.18. The molecule has 7 nitrogen and oxygen atoms in total. The predicted octanol–water partition coefficient (Wildman–Crippen LogP) is 2.19. The molecular formula is C14H21N5O2. The molecule has 0 saturated carbocycles. The molecule has 0 amide bonds. The maximum atomic E-state index is 5.88. The molecule has 21 heavy (non-hydrogen) atoms. The zero-order chi connectivity index (χ0) is 15.0. The highest BCUT2D eigenvalue weighted by atomic mass is 16.5. The molecule has 7 heteroatoms. The Morgan fingerprint density at radius 2 is 2.19 bits per heavy atom. The number of ether oxygens (including phenoxy) is 1. The molecule has 1 aliphatic rings. The van der Waals surface area contributed by atoms with E-state index in [0.717, 1.165) is 18.9 Å². The van der Waals surface area contributed by atoms with Gasteiger partial charge in [0, 0.05) is 6.61 Å². The number of hydrogen-bond acceptors (Lipinski definition) is 6. The quantitative estimate of drug-likeness (QED) is 0.862. The summed E-state index contributed by atoms with van der Waals surface area (Å²) in [5.41, 5.74) is 0.0550. The van der Waals surface area contributed by atoms with Crippen LogP contribution < -0.4 is 0 Å². The first-order valence-corrected chi connectivity index (χ1v) is 7.26. The molecular weight excluding hydrogens is 270 g/mol. The van der Waals surface area contributed by atoms with E-state index in [-0.39, 0.29) is 23.5 Å². The molecule has 0 radical (unpaired) electrons. The molecule has 0 unspecified atom stereocenters. The van der Waals surface area contributed by atoms with E-state index in [1.807, 2.05) is 6.92 Å². The normalized spacial score (nSPS) is 24.4. The van der Waals surface area contributed by atoms with Crippen LogP contribution in [0.15, 0.2) is 17.2 Å². The lowest BCUT2D eigenvalue weighted by atomic mass is 9.81. The van der Waals surface area contributed by atoms with E-state index in [1.54, 1.807) is 11.0 Å². The lowest BCUT2D eigenvalue weighted by Gasteiger charge is -2.29. The third-order valence-electron chi connectivity index (χ3n) is 3.93. The summed E-state index contributed by atoms with van der Waals surface area (Å²) in [4.78, 5) is 8.50. The number of nitrogens with zero attached hydrogens (tertiary/aromatic N) is 5. The Morgan fingerprint density at radius 3 is 2.86 bits per heavy atom. The maximum absolute atomic E-state index is 5.88. The van der Waals surface area contributed by atoms with Crippen LogP contribution in [0.5, 0.6) is 0 Å². The van der Waals surface area contributed by atoms with Crippen molar-refractivity contribution < 1.29 is 9.26 Å². The Balaban J connectivity index is 1.82. The summed E-state index contributed by atoms with van der Waals surface area (Å²) < 4.78 is 13.0. The molecule has 1 saturated heterocycles. The summed E-state index contributed by atoms with van der Waals surface area (Å²) in [6.45, 7) is 9.23. The first kappa shape index (κ1) is 14.2. The van der Waals surface area contributed by atoms with E-state index in [0.29, 0.717) is 5.89 Å². The molecule has 0 bridgehead atoms. The maximum Gasteiger partial charge on any atom is 0.251 e. The van der Waals surface area contributed by atoms with Gasteiger partial charge in [0.2, 0.25) is 0 Å². The van der Waals surface area contributed by atoms with E-state index in [2.05, 4.69) is 41.0 Å². The molecule has 0 N–H and O–H groups in total. The fourth-order valence-corrected chi connectivity index (χ4v) is 2.81. The van der Waals surface area contributed by atoms with E-state index in [1.165, 1.54) is 6.33 Å². The third kappa shape index (κ3) is 2.70. The van der Waals surface area contributed by atoms with Crippen molar-refractivity contribution >= 4 is 0 Å². The van der Waals surface area contributed by atoms with Crippen molar-refractivity contribution in [2.45, 2.75) is 52.2 Å². The molecule has 2 aromatic heterocycles. The van der Waals surface area contributed by atoms with E-state index in [9.17, 15) is 0 Å². The van der Waals surface area contributed by atoms with Gasteiger partial charge in [-0.15, -0.1) is 0 Å². The van der Waals surface area contributed by atoms with Crippen molar-refractivity contribution in [1.82, 2.24) is 24.9 Å². The largest absolute Gasteiger partial charge is 0.377 e. The molecule has 114 valence electrons. The Labute approximate surface area is 123 Å². The van der Waals surface area contributed by atoms with Crippen LogP contribution in [-0.2, 0) is 4.74 Å². The van der Waals surface area contributed by atoms with Crippen LogP contribution in [0.1, 0.15) is 57.8 Å². The topological polar surface area (TPSA) is 78.9 Å². The van der Waals surface area contributed by atoms with Crippen molar-refractivity contribution in [1.29, 1.82) is 0 Å². The van der Waals surface area contributed by atoms with Crippen LogP contribution in [-0.4, -0.2) is 37.6 Å². The van der Waals surface area contributed by atoms with Crippen LogP contribution >= 0.6 is 0 Å². The van der Waals surface area contributed by atoms with Crippen LogP contribution in [0.25, 0.3) is 0 Å². The first-order valence-electron chi connectivity index (χ1n) is 7.26. The van der Waals surface area contributed by atoms with Crippen LogP contribution in [0.2, 0.25) is 0 Å². The molecule has 3 heterocycles. The van der Waals surface area contributed by atoms with Crippen molar-refractivity contribution in [2.75, 3.05) is 6.61 Å². The van der Waals surface area contributed by atoms with Crippen LogP contribution in [0, 0.1) is 5.41 Å². The summed E-state index contributed by atoms with van der Waals surface area (Å²) in [5.74, 6) is 1.47. The summed E-state index contributed by atoms with van der Waals surface area (Å²) >= 11 is 0. The average molecular weight is 291 g/mol. The molecule has 3 atom stereocenters. The highest BCUT2D eigenvalue weighted by molar-refractivity contribution is 5.06. The second kappa shape index (κ2) is 5.22. The highest BCUT2D eigenvalue weighted by Crippen LogP contribution is 2.39. The van der Waals surface area contributed by atoms with Gasteiger partial charge in [0.05, 0.1) is 12.0 Å². The lowest BCUT2D eigenvalue weighted by molar-refractivity contribution is 0.0193. The number of rotatable bonds is 3. The van der Waals surface area contributed by atoms with Gasteiger partial charge in [-0.1, -0.05) is 25.9 Å². The molecule has 0 aromatic carbocycles.